The van der Waals surface area contributed by atoms with Crippen molar-refractivity contribution in [2.45, 2.75) is 33.2 Å². The van der Waals surface area contributed by atoms with Crippen LogP contribution in [0.5, 0.6) is 0 Å². The SMILES string of the molecule is CCc1cc(=O)n2nc(NCCc3nc4ccccc4n3CC)sc2n1. The number of benzene rings is 1. The third-order valence-electron chi connectivity index (χ3n) is 4.33. The summed E-state index contributed by atoms with van der Waals surface area (Å²) in [5, 5.41) is 8.32. The van der Waals surface area contributed by atoms with Gasteiger partial charge < -0.3 is 9.88 Å². The molecule has 0 amide bonds. The van der Waals surface area contributed by atoms with Crippen molar-refractivity contribution >= 4 is 32.5 Å². The van der Waals surface area contributed by atoms with Crippen LogP contribution in [0.25, 0.3) is 16.0 Å². The zero-order chi connectivity index (χ0) is 18.1. The Morgan fingerprint density at radius 3 is 2.85 bits per heavy atom. The number of nitrogens with zero attached hydrogens (tertiary/aromatic N) is 5. The number of fused-ring (bicyclic) bond motifs is 2. The molecule has 0 radical (unpaired) electrons. The summed E-state index contributed by atoms with van der Waals surface area (Å²) in [4.78, 5) is 21.9. The molecule has 4 rings (SSSR count). The molecule has 0 fully saturated rings. The Labute approximate surface area is 154 Å². The number of rotatable bonds is 6. The lowest BCUT2D eigenvalue weighted by atomic mass is 10.3. The summed E-state index contributed by atoms with van der Waals surface area (Å²) >= 11 is 1.39. The fraction of sp³-hybridized carbons (Fsp3) is 0.333. The second-order valence-electron chi connectivity index (χ2n) is 5.98. The van der Waals surface area contributed by atoms with Crippen molar-refractivity contribution in [1.82, 2.24) is 24.1 Å². The first kappa shape index (κ1) is 16.7. The van der Waals surface area contributed by atoms with Crippen molar-refractivity contribution in [3.63, 3.8) is 0 Å². The smallest absolute Gasteiger partial charge is 0.275 e. The Hall–Kier alpha value is -2.74. The molecule has 4 aromatic rings. The second-order valence-corrected chi connectivity index (χ2v) is 6.93. The fourth-order valence-corrected chi connectivity index (χ4v) is 3.91. The molecule has 0 aliphatic carbocycles. The molecule has 3 heterocycles. The predicted molar refractivity (Wildman–Crippen MR) is 104 cm³/mol. The third-order valence-corrected chi connectivity index (χ3v) is 5.20. The molecule has 1 aromatic carbocycles. The summed E-state index contributed by atoms with van der Waals surface area (Å²) in [7, 11) is 0. The largest absolute Gasteiger partial charge is 0.360 e. The van der Waals surface area contributed by atoms with E-state index in [9.17, 15) is 4.79 Å². The van der Waals surface area contributed by atoms with Gasteiger partial charge >= 0.3 is 0 Å². The lowest BCUT2D eigenvalue weighted by Gasteiger charge is -2.06. The van der Waals surface area contributed by atoms with E-state index in [1.54, 1.807) is 6.07 Å². The average Bonchev–Trinajstić information content (AvgIpc) is 3.22. The summed E-state index contributed by atoms with van der Waals surface area (Å²) in [6.07, 6.45) is 1.51. The van der Waals surface area contributed by atoms with Gasteiger partial charge in [-0.05, 0) is 25.5 Å². The number of hydrogen-bond donors (Lipinski definition) is 1. The first-order valence-electron chi connectivity index (χ1n) is 8.77. The van der Waals surface area contributed by atoms with Crippen LogP contribution in [0.1, 0.15) is 25.4 Å². The third kappa shape index (κ3) is 2.96. The van der Waals surface area contributed by atoms with Gasteiger partial charge in [-0.25, -0.2) is 9.97 Å². The number of hydrogen-bond acceptors (Lipinski definition) is 6. The number of aryl methyl sites for hydroxylation is 2. The molecule has 0 unspecified atom stereocenters. The van der Waals surface area contributed by atoms with E-state index in [2.05, 4.69) is 33.0 Å². The second kappa shape index (κ2) is 6.87. The summed E-state index contributed by atoms with van der Waals surface area (Å²) in [5.74, 6) is 1.05. The van der Waals surface area contributed by atoms with Gasteiger partial charge in [0.25, 0.3) is 5.56 Å². The Morgan fingerprint density at radius 1 is 1.19 bits per heavy atom. The monoisotopic (exact) mass is 368 g/mol. The first-order chi connectivity index (χ1) is 12.7. The maximum absolute atomic E-state index is 12.1. The highest BCUT2D eigenvalue weighted by Crippen LogP contribution is 2.18. The summed E-state index contributed by atoms with van der Waals surface area (Å²) < 4.78 is 3.59. The molecular weight excluding hydrogens is 348 g/mol. The van der Waals surface area contributed by atoms with Crippen LogP contribution in [0.4, 0.5) is 5.13 Å². The lowest BCUT2D eigenvalue weighted by Crippen LogP contribution is -2.15. The average molecular weight is 368 g/mol. The van der Waals surface area contributed by atoms with Crippen LogP contribution >= 0.6 is 11.3 Å². The van der Waals surface area contributed by atoms with E-state index in [1.807, 2.05) is 25.1 Å². The molecule has 0 saturated carbocycles. The van der Waals surface area contributed by atoms with E-state index >= 15 is 0 Å². The number of para-hydroxylation sites is 2. The molecule has 0 aliphatic heterocycles. The molecule has 3 aromatic heterocycles. The van der Waals surface area contributed by atoms with Crippen molar-refractivity contribution in [1.29, 1.82) is 0 Å². The van der Waals surface area contributed by atoms with Gasteiger partial charge in [0, 0.05) is 31.3 Å². The van der Waals surface area contributed by atoms with Crippen LogP contribution in [0.15, 0.2) is 35.1 Å². The van der Waals surface area contributed by atoms with Gasteiger partial charge in [0.15, 0.2) is 0 Å². The normalized spacial score (nSPS) is 11.5. The van der Waals surface area contributed by atoms with Gasteiger partial charge in [0.05, 0.1) is 11.0 Å². The summed E-state index contributed by atoms with van der Waals surface area (Å²) in [5.41, 5.74) is 2.84. The summed E-state index contributed by atoms with van der Waals surface area (Å²) in [6.45, 7) is 5.69. The fourth-order valence-electron chi connectivity index (χ4n) is 3.06. The van der Waals surface area contributed by atoms with Gasteiger partial charge in [0.1, 0.15) is 5.82 Å². The van der Waals surface area contributed by atoms with Crippen molar-refractivity contribution in [2.24, 2.45) is 0 Å². The highest BCUT2D eigenvalue weighted by atomic mass is 32.1. The van der Waals surface area contributed by atoms with Gasteiger partial charge in [-0.15, -0.1) is 5.10 Å². The zero-order valence-corrected chi connectivity index (χ0v) is 15.6. The Kier molecular flexibility index (Phi) is 4.42. The van der Waals surface area contributed by atoms with Crippen LogP contribution in [0.2, 0.25) is 0 Å². The molecule has 134 valence electrons. The molecule has 1 N–H and O–H groups in total. The molecule has 0 aliphatic rings. The predicted octanol–water partition coefficient (Wildman–Crippen LogP) is 2.74. The number of anilines is 1. The van der Waals surface area contributed by atoms with Gasteiger partial charge in [0.2, 0.25) is 10.1 Å². The Bertz CT molecular complexity index is 1130. The first-order valence-corrected chi connectivity index (χ1v) is 9.59. The van der Waals surface area contributed by atoms with Crippen LogP contribution in [0.3, 0.4) is 0 Å². The van der Waals surface area contributed by atoms with E-state index in [0.29, 0.717) is 16.6 Å². The molecule has 26 heavy (non-hydrogen) atoms. The molecule has 7 nitrogen and oxygen atoms in total. The van der Waals surface area contributed by atoms with Crippen LogP contribution in [-0.2, 0) is 19.4 Å². The van der Waals surface area contributed by atoms with E-state index in [0.717, 1.165) is 41.9 Å². The van der Waals surface area contributed by atoms with Crippen LogP contribution in [0, 0.1) is 0 Å². The summed E-state index contributed by atoms with van der Waals surface area (Å²) in [6, 6.07) is 9.72. The van der Waals surface area contributed by atoms with Crippen molar-refractivity contribution < 1.29 is 0 Å². The van der Waals surface area contributed by atoms with E-state index in [4.69, 9.17) is 4.98 Å². The lowest BCUT2D eigenvalue weighted by molar-refractivity contribution is 0.716. The quantitative estimate of drug-likeness (QED) is 0.566. The molecular formula is C18H20N6OS. The maximum atomic E-state index is 12.1. The van der Waals surface area contributed by atoms with E-state index in [1.165, 1.54) is 15.9 Å². The van der Waals surface area contributed by atoms with Gasteiger partial charge in [-0.3, -0.25) is 4.79 Å². The molecule has 0 atom stereocenters. The van der Waals surface area contributed by atoms with Gasteiger partial charge in [-0.1, -0.05) is 30.4 Å². The highest BCUT2D eigenvalue weighted by Gasteiger charge is 2.11. The van der Waals surface area contributed by atoms with Gasteiger partial charge in [-0.2, -0.15) is 4.52 Å². The Morgan fingerprint density at radius 2 is 2.04 bits per heavy atom. The molecule has 8 heteroatoms. The standard InChI is InChI=1S/C18H20N6OS/c1-3-12-11-16(25)24-18(20-12)26-17(22-24)19-10-9-15-21-13-7-5-6-8-14(13)23(15)4-2/h5-8,11H,3-4,9-10H2,1-2H3,(H,19,22). The zero-order valence-electron chi connectivity index (χ0n) is 14.8. The van der Waals surface area contributed by atoms with Crippen molar-refractivity contribution in [2.75, 3.05) is 11.9 Å². The number of imidazole rings is 1. The molecule has 0 bridgehead atoms. The van der Waals surface area contributed by atoms with Crippen molar-refractivity contribution in [3.8, 4) is 0 Å². The van der Waals surface area contributed by atoms with Crippen molar-refractivity contribution in [3.05, 3.63) is 52.2 Å². The van der Waals surface area contributed by atoms with Crippen LogP contribution in [-0.4, -0.2) is 30.7 Å². The minimum atomic E-state index is -0.135. The highest BCUT2D eigenvalue weighted by molar-refractivity contribution is 7.20. The molecule has 0 spiro atoms. The maximum Gasteiger partial charge on any atom is 0.275 e. The Balaban J connectivity index is 1.52. The topological polar surface area (TPSA) is 77.1 Å². The minimum Gasteiger partial charge on any atom is -0.360 e. The minimum absolute atomic E-state index is 0.135. The van der Waals surface area contributed by atoms with E-state index < -0.39 is 0 Å². The number of nitrogens with one attached hydrogen (secondary N) is 1. The molecule has 0 saturated heterocycles. The van der Waals surface area contributed by atoms with Crippen LogP contribution < -0.4 is 10.9 Å². The number of aromatic nitrogens is 5. The van der Waals surface area contributed by atoms with E-state index in [-0.39, 0.29) is 5.56 Å².